The van der Waals surface area contributed by atoms with Crippen LogP contribution in [0.15, 0.2) is 28.0 Å². The first-order valence-corrected chi connectivity index (χ1v) is 3.51. The second-order valence-corrected chi connectivity index (χ2v) is 2.53. The van der Waals surface area contributed by atoms with Crippen LogP contribution in [0.25, 0.3) is 16.3 Å². The smallest absolute Gasteiger partial charge is 0.360 e. The predicted octanol–water partition coefficient (Wildman–Crippen LogP) is -1.04. The highest BCUT2D eigenvalue weighted by Gasteiger charge is 2.15. The monoisotopic (exact) mass is 173 g/mol. The van der Waals surface area contributed by atoms with Crippen molar-refractivity contribution in [1.82, 2.24) is 4.98 Å². The first-order valence-electron chi connectivity index (χ1n) is 3.51. The van der Waals surface area contributed by atoms with Crippen LogP contribution in [0, 0.1) is 0 Å². The fraction of sp³-hybridized carbons (Fsp3) is 0. The standard InChI is InChI=1S/C8H3N3O2/c9-11-6-7(12)4-1-2-10-3-5(4)8(6)13/h1-3H. The van der Waals surface area contributed by atoms with E-state index in [2.05, 4.69) is 9.77 Å². The predicted molar refractivity (Wildman–Crippen MR) is 43.4 cm³/mol. The third-order valence-electron chi connectivity index (χ3n) is 1.84. The van der Waals surface area contributed by atoms with Crippen LogP contribution in [0.3, 0.4) is 0 Å². The highest BCUT2D eigenvalue weighted by molar-refractivity contribution is 5.81. The Balaban J connectivity index is 3.37. The zero-order valence-electron chi connectivity index (χ0n) is 6.39. The maximum absolute atomic E-state index is 11.3. The molecule has 2 rings (SSSR count). The van der Waals surface area contributed by atoms with E-state index in [1.807, 2.05) is 0 Å². The van der Waals surface area contributed by atoms with E-state index in [1.165, 1.54) is 18.5 Å². The maximum Gasteiger partial charge on any atom is 0.410 e. The van der Waals surface area contributed by atoms with Crippen LogP contribution in [0.4, 0.5) is 0 Å². The van der Waals surface area contributed by atoms with Gasteiger partial charge in [-0.15, -0.1) is 0 Å². The van der Waals surface area contributed by atoms with Gasteiger partial charge in [-0.25, -0.2) is 0 Å². The van der Waals surface area contributed by atoms with Gasteiger partial charge in [-0.05, 0) is 6.07 Å². The molecule has 0 fully saturated rings. The molecule has 0 N–H and O–H groups in total. The number of rotatable bonds is 0. The summed E-state index contributed by atoms with van der Waals surface area (Å²) in [6.45, 7) is 0. The van der Waals surface area contributed by atoms with Crippen molar-refractivity contribution < 1.29 is 4.79 Å². The number of nitrogens with zero attached hydrogens (tertiary/aromatic N) is 3. The molecular formula is C8H3N3O2. The van der Waals surface area contributed by atoms with Crippen molar-refractivity contribution in [3.05, 3.63) is 49.8 Å². The Morgan fingerprint density at radius 3 is 2.54 bits per heavy atom. The van der Waals surface area contributed by atoms with Crippen LogP contribution < -0.4 is 16.2 Å². The minimum atomic E-state index is -0.574. The minimum Gasteiger partial charge on any atom is -0.360 e. The average Bonchev–Trinajstić information content (AvgIpc) is 2.41. The summed E-state index contributed by atoms with van der Waals surface area (Å²) in [5.74, 6) is 0. The Kier molecular flexibility index (Phi) is 1.41. The molecule has 0 unspecified atom stereocenters. The summed E-state index contributed by atoms with van der Waals surface area (Å²) in [5, 5.41) is -0.00361. The maximum atomic E-state index is 11.3. The molecule has 0 saturated carbocycles. The van der Waals surface area contributed by atoms with E-state index in [4.69, 9.17) is 5.53 Å². The minimum absolute atomic E-state index is 0.195. The Hall–Kier alpha value is -2.13. The van der Waals surface area contributed by atoms with Crippen molar-refractivity contribution >= 4 is 10.8 Å². The molecule has 0 spiro atoms. The molecule has 62 valence electrons. The molecule has 5 heteroatoms. The van der Waals surface area contributed by atoms with Gasteiger partial charge in [0.2, 0.25) is 0 Å². The highest BCUT2D eigenvalue weighted by Crippen LogP contribution is 1.98. The molecule has 0 amide bonds. The van der Waals surface area contributed by atoms with Crippen LogP contribution >= 0.6 is 0 Å². The summed E-state index contributed by atoms with van der Waals surface area (Å²) in [4.78, 5) is 28.9. The second-order valence-electron chi connectivity index (χ2n) is 2.53. The normalized spacial score (nSPS) is 10.2. The quantitative estimate of drug-likeness (QED) is 0.377. The Labute approximate surface area is 71.2 Å². The summed E-state index contributed by atoms with van der Waals surface area (Å²) in [6.07, 6.45) is 2.69. The lowest BCUT2D eigenvalue weighted by Crippen LogP contribution is -2.32. The van der Waals surface area contributed by atoms with E-state index in [9.17, 15) is 9.59 Å². The zero-order valence-corrected chi connectivity index (χ0v) is 6.39. The van der Waals surface area contributed by atoms with Crippen LogP contribution in [-0.4, -0.2) is 9.77 Å². The fourth-order valence-corrected chi connectivity index (χ4v) is 1.22. The van der Waals surface area contributed by atoms with E-state index >= 15 is 0 Å². The molecule has 1 aromatic heterocycles. The van der Waals surface area contributed by atoms with Crippen molar-refractivity contribution in [2.45, 2.75) is 0 Å². The SMILES string of the molecule is [N-]=[N+]=c1c(=O)c2ccncc2c1=O. The average molecular weight is 173 g/mol. The van der Waals surface area contributed by atoms with Crippen molar-refractivity contribution in [3.63, 3.8) is 0 Å². The molecule has 0 radical (unpaired) electrons. The first-order chi connectivity index (χ1) is 6.25. The van der Waals surface area contributed by atoms with Gasteiger partial charge in [-0.3, -0.25) is 14.6 Å². The van der Waals surface area contributed by atoms with Gasteiger partial charge in [0.25, 0.3) is 10.9 Å². The third kappa shape index (κ3) is 0.847. The topological polar surface area (TPSA) is 83.4 Å². The number of hydrogen-bond acceptors (Lipinski definition) is 3. The molecule has 0 aliphatic carbocycles. The second kappa shape index (κ2) is 2.43. The van der Waals surface area contributed by atoms with Gasteiger partial charge in [-0.1, -0.05) is 0 Å². The van der Waals surface area contributed by atoms with Gasteiger partial charge in [0, 0.05) is 17.8 Å². The molecule has 0 bridgehead atoms. The number of fused-ring (bicyclic) bond motifs is 1. The summed E-state index contributed by atoms with van der Waals surface area (Å²) in [6, 6.07) is 1.42. The van der Waals surface area contributed by atoms with Gasteiger partial charge in [-0.2, -0.15) is 4.79 Å². The van der Waals surface area contributed by atoms with Crippen LogP contribution in [0.1, 0.15) is 0 Å². The van der Waals surface area contributed by atoms with Crippen molar-refractivity contribution in [3.8, 4) is 0 Å². The summed E-state index contributed by atoms with van der Waals surface area (Å²) < 4.78 is 0. The first kappa shape index (κ1) is 7.52. The number of hydrogen-bond donors (Lipinski definition) is 0. The van der Waals surface area contributed by atoms with E-state index in [1.54, 1.807) is 0 Å². The van der Waals surface area contributed by atoms with E-state index in [-0.39, 0.29) is 10.8 Å². The lowest BCUT2D eigenvalue weighted by atomic mass is 10.3. The number of pyridine rings is 1. The molecule has 0 saturated heterocycles. The summed E-state index contributed by atoms with van der Waals surface area (Å²) >= 11 is 0. The molecular weight excluding hydrogens is 170 g/mol. The zero-order chi connectivity index (χ0) is 9.42. The van der Waals surface area contributed by atoms with Gasteiger partial charge < -0.3 is 5.53 Å². The van der Waals surface area contributed by atoms with Gasteiger partial charge >= 0.3 is 5.36 Å². The van der Waals surface area contributed by atoms with E-state index < -0.39 is 16.2 Å². The fourth-order valence-electron chi connectivity index (χ4n) is 1.22. The van der Waals surface area contributed by atoms with E-state index in [0.29, 0.717) is 0 Å². The summed E-state index contributed by atoms with van der Waals surface area (Å²) in [7, 11) is 0. The molecule has 5 nitrogen and oxygen atoms in total. The molecule has 0 aliphatic rings. The van der Waals surface area contributed by atoms with Crippen molar-refractivity contribution in [2.24, 2.45) is 0 Å². The largest absolute Gasteiger partial charge is 0.410 e. The molecule has 13 heavy (non-hydrogen) atoms. The lowest BCUT2D eigenvalue weighted by molar-refractivity contribution is -0.0674. The Morgan fingerprint density at radius 1 is 1.23 bits per heavy atom. The van der Waals surface area contributed by atoms with Crippen molar-refractivity contribution in [1.29, 1.82) is 0 Å². The van der Waals surface area contributed by atoms with E-state index in [0.717, 1.165) is 0 Å². The van der Waals surface area contributed by atoms with Crippen LogP contribution in [0.2, 0.25) is 0 Å². The van der Waals surface area contributed by atoms with Gasteiger partial charge in [0.05, 0.1) is 5.39 Å². The molecule has 0 atom stereocenters. The lowest BCUT2D eigenvalue weighted by Gasteiger charge is -1.80. The van der Waals surface area contributed by atoms with Crippen LogP contribution in [0.5, 0.6) is 0 Å². The van der Waals surface area contributed by atoms with Crippen LogP contribution in [-0.2, 0) is 0 Å². The summed E-state index contributed by atoms with van der Waals surface area (Å²) in [5.41, 5.74) is 7.28. The van der Waals surface area contributed by atoms with Gasteiger partial charge in [0.15, 0.2) is 0 Å². The van der Waals surface area contributed by atoms with Crippen molar-refractivity contribution in [2.75, 3.05) is 0 Å². The number of aromatic nitrogens is 1. The molecule has 0 aliphatic heterocycles. The third-order valence-corrected chi connectivity index (χ3v) is 1.84. The van der Waals surface area contributed by atoms with Gasteiger partial charge in [0.1, 0.15) is 0 Å². The molecule has 2 aromatic rings. The molecule has 1 aromatic carbocycles. The molecule has 1 heterocycles. The Bertz CT molecular complexity index is 596. The Morgan fingerprint density at radius 2 is 1.92 bits per heavy atom. The highest BCUT2D eigenvalue weighted by atomic mass is 16.1.